The highest BCUT2D eigenvalue weighted by Crippen LogP contribution is 2.03. The number of rotatable bonds is 6. The van der Waals surface area contributed by atoms with Crippen LogP contribution < -0.4 is 20.4 Å². The lowest BCUT2D eigenvalue weighted by Gasteiger charge is -2.31. The number of carbonyl (C=O) groups excluding carboxylic acids is 2. The predicted octanol–water partition coefficient (Wildman–Crippen LogP) is -1.19. The number of aromatic nitrogens is 2. The highest BCUT2D eigenvalue weighted by Gasteiger charge is 2.24. The van der Waals surface area contributed by atoms with Crippen molar-refractivity contribution in [2.75, 3.05) is 44.2 Å². The van der Waals surface area contributed by atoms with Gasteiger partial charge in [-0.25, -0.2) is 14.8 Å². The first-order valence-corrected chi connectivity index (χ1v) is 8.12. The molecule has 2 heterocycles. The van der Waals surface area contributed by atoms with Crippen LogP contribution in [-0.2, 0) is 4.79 Å². The zero-order valence-electron chi connectivity index (χ0n) is 13.5. The summed E-state index contributed by atoms with van der Waals surface area (Å²) in [7, 11) is 0. The fourth-order valence-corrected chi connectivity index (χ4v) is 2.48. The molecule has 0 aliphatic carbocycles. The molecule has 0 bridgehead atoms. The van der Waals surface area contributed by atoms with Gasteiger partial charge in [0.2, 0.25) is 5.95 Å². The van der Waals surface area contributed by atoms with Gasteiger partial charge in [-0.05, 0) is 12.5 Å². The van der Waals surface area contributed by atoms with Crippen LogP contribution in [0.3, 0.4) is 0 Å². The predicted molar refractivity (Wildman–Crippen MR) is 86.3 cm³/mol. The summed E-state index contributed by atoms with van der Waals surface area (Å²) in [5.74, 6) is 0.490. The maximum absolute atomic E-state index is 11.9. The molecule has 8 nitrogen and oxygen atoms in total. The first-order valence-electron chi connectivity index (χ1n) is 8.12. The molecule has 0 radical (unpaired) electrons. The number of anilines is 1. The number of piperazine rings is 1. The second kappa shape index (κ2) is 9.04. The molecule has 1 saturated heterocycles. The summed E-state index contributed by atoms with van der Waals surface area (Å²) >= 11 is 0. The van der Waals surface area contributed by atoms with Gasteiger partial charge in [0.25, 0.3) is 5.91 Å². The molecule has 23 heavy (non-hydrogen) atoms. The first-order chi connectivity index (χ1) is 11.2. The van der Waals surface area contributed by atoms with Crippen molar-refractivity contribution in [2.24, 2.45) is 0 Å². The average molecular weight is 321 g/mol. The third-order valence-corrected chi connectivity index (χ3v) is 3.78. The van der Waals surface area contributed by atoms with Gasteiger partial charge in [0.15, 0.2) is 6.54 Å². The molecule has 1 fully saturated rings. The normalized spacial score (nSPS) is 15.3. The standard InChI is InChI=1S/C15H24N6O2/c1-2-3-5-18-15(23)19-13(22)12-20-8-10-21(11-9-20)14-16-6-4-7-17-14/h4,6-7H,2-3,5,8-12H2,1H3,(H2,18,19,22,23)/p+1. The van der Waals surface area contributed by atoms with E-state index in [9.17, 15) is 9.59 Å². The summed E-state index contributed by atoms with van der Waals surface area (Å²) < 4.78 is 0. The van der Waals surface area contributed by atoms with Crippen LogP contribution in [0.1, 0.15) is 19.8 Å². The number of hydrogen-bond acceptors (Lipinski definition) is 5. The monoisotopic (exact) mass is 321 g/mol. The average Bonchev–Trinajstić information content (AvgIpc) is 2.56. The minimum absolute atomic E-state index is 0.238. The smallest absolute Gasteiger partial charge is 0.321 e. The van der Waals surface area contributed by atoms with E-state index in [1.54, 1.807) is 18.5 Å². The molecule has 0 spiro atoms. The van der Waals surface area contributed by atoms with Crippen molar-refractivity contribution in [1.29, 1.82) is 0 Å². The van der Waals surface area contributed by atoms with E-state index in [4.69, 9.17) is 0 Å². The Bertz CT molecular complexity index is 502. The second-order valence-corrected chi connectivity index (χ2v) is 5.62. The van der Waals surface area contributed by atoms with Gasteiger partial charge in [0.1, 0.15) is 0 Å². The molecule has 126 valence electrons. The number of nitrogens with one attached hydrogen (secondary N) is 3. The van der Waals surface area contributed by atoms with E-state index in [1.165, 1.54) is 0 Å². The Labute approximate surface area is 136 Å². The molecule has 0 saturated carbocycles. The van der Waals surface area contributed by atoms with E-state index in [1.807, 2.05) is 6.92 Å². The van der Waals surface area contributed by atoms with Gasteiger partial charge in [0.05, 0.1) is 26.2 Å². The molecule has 3 N–H and O–H groups in total. The molecule has 1 aromatic heterocycles. The molecular formula is C15H25N6O2+. The van der Waals surface area contributed by atoms with Gasteiger partial charge in [-0.1, -0.05) is 13.3 Å². The quantitative estimate of drug-likeness (QED) is 0.573. The van der Waals surface area contributed by atoms with Crippen molar-refractivity contribution in [3.8, 4) is 0 Å². The lowest BCUT2D eigenvalue weighted by Crippen LogP contribution is -3.16. The number of unbranched alkanes of at least 4 members (excludes halogenated alkanes) is 1. The van der Waals surface area contributed by atoms with Crippen molar-refractivity contribution < 1.29 is 14.5 Å². The molecule has 3 amide bonds. The fraction of sp³-hybridized carbons (Fsp3) is 0.600. The molecule has 2 rings (SSSR count). The Morgan fingerprint density at radius 2 is 1.96 bits per heavy atom. The molecule has 0 atom stereocenters. The highest BCUT2D eigenvalue weighted by atomic mass is 16.2. The SMILES string of the molecule is CCCCNC(=O)NC(=O)C[NH+]1CCN(c2ncccn2)CC1. The van der Waals surface area contributed by atoms with Crippen molar-refractivity contribution in [1.82, 2.24) is 20.6 Å². The summed E-state index contributed by atoms with van der Waals surface area (Å²) in [6.07, 6.45) is 5.38. The number of nitrogens with zero attached hydrogens (tertiary/aromatic N) is 3. The summed E-state index contributed by atoms with van der Waals surface area (Å²) in [5.41, 5.74) is 0. The van der Waals surface area contributed by atoms with Crippen LogP contribution in [0.2, 0.25) is 0 Å². The number of amides is 3. The summed E-state index contributed by atoms with van der Waals surface area (Å²) in [6, 6.07) is 1.39. The van der Waals surface area contributed by atoms with Crippen molar-refractivity contribution in [3.05, 3.63) is 18.5 Å². The zero-order chi connectivity index (χ0) is 16.5. The minimum Gasteiger partial charge on any atom is -0.338 e. The Morgan fingerprint density at radius 1 is 1.26 bits per heavy atom. The van der Waals surface area contributed by atoms with Gasteiger partial charge < -0.3 is 15.1 Å². The molecule has 0 unspecified atom stereocenters. The fourth-order valence-electron chi connectivity index (χ4n) is 2.48. The number of quaternary nitrogens is 1. The topological polar surface area (TPSA) is 91.7 Å². The van der Waals surface area contributed by atoms with Crippen LogP contribution in [0.4, 0.5) is 10.7 Å². The molecule has 1 aliphatic heterocycles. The van der Waals surface area contributed by atoms with E-state index < -0.39 is 6.03 Å². The molecule has 0 aromatic carbocycles. The summed E-state index contributed by atoms with van der Waals surface area (Å²) in [6.45, 7) is 6.20. The Balaban J connectivity index is 1.67. The van der Waals surface area contributed by atoms with Gasteiger partial charge in [-0.3, -0.25) is 10.1 Å². The summed E-state index contributed by atoms with van der Waals surface area (Å²) in [4.78, 5) is 35.2. The molecule has 1 aliphatic rings. The van der Waals surface area contributed by atoms with Crippen LogP contribution >= 0.6 is 0 Å². The highest BCUT2D eigenvalue weighted by molar-refractivity contribution is 5.94. The zero-order valence-corrected chi connectivity index (χ0v) is 13.5. The van der Waals surface area contributed by atoms with E-state index in [0.717, 1.165) is 49.9 Å². The number of carbonyl (C=O) groups is 2. The minimum atomic E-state index is -0.404. The third-order valence-electron chi connectivity index (χ3n) is 3.78. The van der Waals surface area contributed by atoms with Gasteiger partial charge in [-0.2, -0.15) is 0 Å². The second-order valence-electron chi connectivity index (χ2n) is 5.62. The Hall–Kier alpha value is -2.22. The van der Waals surface area contributed by atoms with E-state index in [0.29, 0.717) is 13.1 Å². The van der Waals surface area contributed by atoms with Gasteiger partial charge in [-0.15, -0.1) is 0 Å². The van der Waals surface area contributed by atoms with Crippen LogP contribution in [0.5, 0.6) is 0 Å². The van der Waals surface area contributed by atoms with Crippen LogP contribution in [-0.4, -0.2) is 61.2 Å². The van der Waals surface area contributed by atoms with Crippen molar-refractivity contribution in [3.63, 3.8) is 0 Å². The van der Waals surface area contributed by atoms with Gasteiger partial charge >= 0.3 is 6.03 Å². The largest absolute Gasteiger partial charge is 0.338 e. The molecular weight excluding hydrogens is 296 g/mol. The number of urea groups is 1. The summed E-state index contributed by atoms with van der Waals surface area (Å²) in [5, 5.41) is 5.06. The Morgan fingerprint density at radius 3 is 2.61 bits per heavy atom. The third kappa shape index (κ3) is 5.82. The van der Waals surface area contributed by atoms with Crippen molar-refractivity contribution in [2.45, 2.75) is 19.8 Å². The van der Waals surface area contributed by atoms with E-state index in [2.05, 4.69) is 25.5 Å². The lowest BCUT2D eigenvalue weighted by molar-refractivity contribution is -0.892. The van der Waals surface area contributed by atoms with Crippen LogP contribution in [0, 0.1) is 0 Å². The Kier molecular flexibility index (Phi) is 6.74. The van der Waals surface area contributed by atoms with Gasteiger partial charge in [0, 0.05) is 18.9 Å². The first kappa shape index (κ1) is 17.1. The lowest BCUT2D eigenvalue weighted by atomic mass is 10.3. The van der Waals surface area contributed by atoms with E-state index in [-0.39, 0.29) is 5.91 Å². The van der Waals surface area contributed by atoms with Crippen LogP contribution in [0.15, 0.2) is 18.5 Å². The molecule has 1 aromatic rings. The maximum Gasteiger partial charge on any atom is 0.321 e. The molecule has 8 heteroatoms. The number of hydrogen-bond donors (Lipinski definition) is 3. The van der Waals surface area contributed by atoms with E-state index >= 15 is 0 Å². The van der Waals surface area contributed by atoms with Crippen molar-refractivity contribution >= 4 is 17.9 Å². The number of imide groups is 1. The van der Waals surface area contributed by atoms with Crippen LogP contribution in [0.25, 0.3) is 0 Å². The maximum atomic E-state index is 11.9.